The highest BCUT2D eigenvalue weighted by atomic mass is 19.2. The van der Waals surface area contributed by atoms with Gasteiger partial charge < -0.3 is 14.2 Å². The summed E-state index contributed by atoms with van der Waals surface area (Å²) in [5.74, 6) is -1.84. The van der Waals surface area contributed by atoms with E-state index in [0.717, 1.165) is 70.1 Å². The molecule has 0 spiro atoms. The van der Waals surface area contributed by atoms with Crippen LogP contribution in [0.2, 0.25) is 0 Å². The maximum Gasteiger partial charge on any atom is 0.309 e. The molecule has 43 heavy (non-hydrogen) atoms. The highest BCUT2D eigenvalue weighted by Crippen LogP contribution is 2.44. The van der Waals surface area contributed by atoms with Gasteiger partial charge in [-0.1, -0.05) is 31.9 Å². The lowest BCUT2D eigenvalue weighted by Gasteiger charge is -2.42. The fraction of sp³-hybridized carbons (Fsp3) is 0.686. The van der Waals surface area contributed by atoms with Crippen molar-refractivity contribution in [1.82, 2.24) is 0 Å². The summed E-state index contributed by atoms with van der Waals surface area (Å²) in [6, 6.07) is 2.41. The van der Waals surface area contributed by atoms with Crippen LogP contribution in [0.5, 0.6) is 5.75 Å². The van der Waals surface area contributed by atoms with E-state index < -0.39 is 29.7 Å². The molecule has 6 unspecified atom stereocenters. The Labute approximate surface area is 253 Å². The van der Waals surface area contributed by atoms with Gasteiger partial charge in [0, 0.05) is 11.1 Å². The topological polar surface area (TPSA) is 44.8 Å². The lowest BCUT2D eigenvalue weighted by Crippen LogP contribution is -2.38. The van der Waals surface area contributed by atoms with Gasteiger partial charge in [0.1, 0.15) is 18.0 Å². The van der Waals surface area contributed by atoms with E-state index in [-0.39, 0.29) is 47.4 Å². The van der Waals surface area contributed by atoms with E-state index in [4.69, 9.17) is 14.2 Å². The molecule has 1 aromatic rings. The summed E-state index contributed by atoms with van der Waals surface area (Å²) in [5, 5.41) is 0. The number of fused-ring (bicyclic) bond motifs is 1. The van der Waals surface area contributed by atoms with Crippen LogP contribution in [-0.4, -0.2) is 37.6 Å². The van der Waals surface area contributed by atoms with Crippen molar-refractivity contribution >= 4 is 11.5 Å². The van der Waals surface area contributed by atoms with Crippen molar-refractivity contribution in [2.45, 2.75) is 109 Å². The van der Waals surface area contributed by atoms with Crippen LogP contribution in [-0.2, 0) is 14.3 Å². The Bertz CT molecular complexity index is 1170. The lowest BCUT2D eigenvalue weighted by atomic mass is 9.67. The van der Waals surface area contributed by atoms with Crippen LogP contribution >= 0.6 is 0 Å². The third-order valence-electron chi connectivity index (χ3n) is 10.2. The first-order valence-electron chi connectivity index (χ1n) is 16.4. The molecule has 0 heterocycles. The molecule has 1 aromatic carbocycles. The van der Waals surface area contributed by atoms with Crippen molar-refractivity contribution in [1.29, 1.82) is 0 Å². The SMILES string of the molecule is CCCC1CCC(C(=O)OC2CCC3CC(COC4C=CC(c5ccc(OCC)c(F)c5F)=C(F)C4F)CCC3C2)CC1. The van der Waals surface area contributed by atoms with Gasteiger partial charge >= 0.3 is 5.97 Å². The molecule has 8 heteroatoms. The van der Waals surface area contributed by atoms with Gasteiger partial charge in [-0.2, -0.15) is 4.39 Å². The van der Waals surface area contributed by atoms with Crippen LogP contribution in [0.25, 0.3) is 5.57 Å². The first-order chi connectivity index (χ1) is 20.8. The standard InChI is InChI=1S/C35H46F4O4/c1-3-5-21-6-9-23(10-7-21)35(40)43-26-13-12-24-18-22(8-11-25(24)19-26)20-42-30-17-15-28(32(37)34(30)39)27-14-16-29(41-4-2)33(38)31(27)36/h14-17,21-26,30,34H,3-13,18-20H2,1-2H3. The molecule has 4 aliphatic rings. The van der Waals surface area contributed by atoms with Gasteiger partial charge in [-0.05, 0) is 107 Å². The number of ether oxygens (including phenoxy) is 3. The third-order valence-corrected chi connectivity index (χ3v) is 10.2. The zero-order valence-electron chi connectivity index (χ0n) is 25.5. The number of hydrogen-bond acceptors (Lipinski definition) is 4. The summed E-state index contributed by atoms with van der Waals surface area (Å²) >= 11 is 0. The van der Waals surface area contributed by atoms with E-state index in [1.54, 1.807) is 6.92 Å². The van der Waals surface area contributed by atoms with Crippen LogP contribution < -0.4 is 4.74 Å². The van der Waals surface area contributed by atoms with Gasteiger partial charge in [0.25, 0.3) is 0 Å². The Kier molecular flexibility index (Phi) is 10.9. The second-order valence-electron chi connectivity index (χ2n) is 13.1. The third kappa shape index (κ3) is 7.49. The number of hydrogen-bond donors (Lipinski definition) is 0. The van der Waals surface area contributed by atoms with E-state index in [1.165, 1.54) is 37.1 Å². The predicted molar refractivity (Wildman–Crippen MR) is 158 cm³/mol. The summed E-state index contributed by atoms with van der Waals surface area (Å²) < 4.78 is 76.0. The van der Waals surface area contributed by atoms with E-state index in [9.17, 15) is 13.6 Å². The van der Waals surface area contributed by atoms with Crippen LogP contribution in [0.3, 0.4) is 0 Å². The average Bonchev–Trinajstić information content (AvgIpc) is 3.01. The van der Waals surface area contributed by atoms with Crippen molar-refractivity contribution in [2.75, 3.05) is 13.2 Å². The summed E-state index contributed by atoms with van der Waals surface area (Å²) in [7, 11) is 0. The number of rotatable bonds is 10. The zero-order chi connectivity index (χ0) is 30.5. The van der Waals surface area contributed by atoms with Crippen LogP contribution in [0.15, 0.2) is 30.1 Å². The number of carbonyl (C=O) groups is 1. The van der Waals surface area contributed by atoms with Crippen LogP contribution in [0.1, 0.15) is 96.5 Å². The second kappa shape index (κ2) is 14.6. The molecule has 3 saturated carbocycles. The smallest absolute Gasteiger partial charge is 0.309 e. The number of carbonyl (C=O) groups excluding carboxylic acids is 1. The maximum atomic E-state index is 15.1. The summed E-state index contributed by atoms with van der Waals surface area (Å²) in [5.41, 5.74) is -0.677. The van der Waals surface area contributed by atoms with Gasteiger partial charge in [0.15, 0.2) is 17.7 Å². The summed E-state index contributed by atoms with van der Waals surface area (Å²) in [6.07, 6.45) is 11.8. The second-order valence-corrected chi connectivity index (χ2v) is 13.1. The lowest BCUT2D eigenvalue weighted by molar-refractivity contribution is -0.159. The Hall–Kier alpha value is -2.35. The molecule has 0 N–H and O–H groups in total. The van der Waals surface area contributed by atoms with Crippen molar-refractivity contribution in [3.8, 4) is 5.75 Å². The predicted octanol–water partition coefficient (Wildman–Crippen LogP) is 9.07. The van der Waals surface area contributed by atoms with Gasteiger partial charge in [-0.3, -0.25) is 4.79 Å². The largest absolute Gasteiger partial charge is 0.491 e. The molecule has 0 amide bonds. The molecular weight excluding hydrogens is 560 g/mol. The number of allylic oxidation sites excluding steroid dienone is 2. The van der Waals surface area contributed by atoms with Crippen molar-refractivity contribution in [3.63, 3.8) is 0 Å². The van der Waals surface area contributed by atoms with Crippen molar-refractivity contribution < 1.29 is 36.6 Å². The first-order valence-corrected chi connectivity index (χ1v) is 16.4. The highest BCUT2D eigenvalue weighted by Gasteiger charge is 2.39. The van der Waals surface area contributed by atoms with Gasteiger partial charge in [-0.15, -0.1) is 0 Å². The van der Waals surface area contributed by atoms with Crippen molar-refractivity contribution in [3.05, 3.63) is 47.3 Å². The molecule has 0 aliphatic heterocycles. The van der Waals surface area contributed by atoms with Crippen LogP contribution in [0.4, 0.5) is 17.6 Å². The molecule has 238 valence electrons. The fourth-order valence-corrected chi connectivity index (χ4v) is 7.83. The monoisotopic (exact) mass is 606 g/mol. The number of benzene rings is 1. The molecule has 5 rings (SSSR count). The normalized spacial score (nSPS) is 32.8. The molecule has 4 aliphatic carbocycles. The van der Waals surface area contributed by atoms with Gasteiger partial charge in [0.2, 0.25) is 5.82 Å². The van der Waals surface area contributed by atoms with E-state index >= 15 is 8.78 Å². The fourth-order valence-electron chi connectivity index (χ4n) is 7.83. The molecule has 0 saturated heterocycles. The van der Waals surface area contributed by atoms with E-state index in [1.807, 2.05) is 0 Å². The molecule has 3 fully saturated rings. The number of esters is 1. The van der Waals surface area contributed by atoms with E-state index in [0.29, 0.717) is 18.4 Å². The molecule has 0 bridgehead atoms. The minimum absolute atomic E-state index is 0.00151. The molecule has 4 nitrogen and oxygen atoms in total. The van der Waals surface area contributed by atoms with E-state index in [2.05, 4.69) is 6.92 Å². The molecule has 0 aromatic heterocycles. The quantitative estimate of drug-likeness (QED) is 0.197. The highest BCUT2D eigenvalue weighted by molar-refractivity contribution is 5.78. The van der Waals surface area contributed by atoms with Crippen molar-refractivity contribution in [2.24, 2.45) is 29.6 Å². The zero-order valence-corrected chi connectivity index (χ0v) is 25.5. The van der Waals surface area contributed by atoms with Gasteiger partial charge in [-0.25, -0.2) is 13.2 Å². The molecular formula is C35H46F4O4. The van der Waals surface area contributed by atoms with Crippen LogP contribution in [0, 0.1) is 41.2 Å². The maximum absolute atomic E-state index is 15.1. The number of alkyl halides is 1. The minimum atomic E-state index is -2.10. The summed E-state index contributed by atoms with van der Waals surface area (Å²) in [6.45, 7) is 4.32. The Morgan fingerprint density at radius 3 is 2.35 bits per heavy atom. The average molecular weight is 607 g/mol. The first kappa shape index (κ1) is 32.1. The number of halogens is 4. The molecule has 6 atom stereocenters. The van der Waals surface area contributed by atoms with Gasteiger partial charge in [0.05, 0.1) is 19.1 Å². The molecule has 0 radical (unpaired) electrons. The minimum Gasteiger partial charge on any atom is -0.491 e. The summed E-state index contributed by atoms with van der Waals surface area (Å²) in [4.78, 5) is 12.9. The Balaban J connectivity index is 1.07. The Morgan fingerprint density at radius 2 is 1.60 bits per heavy atom. The Morgan fingerprint density at radius 1 is 0.884 bits per heavy atom.